The molecule has 0 radical (unpaired) electrons. The molecule has 2 fully saturated rings. The van der Waals surface area contributed by atoms with Crippen LogP contribution in [0.25, 0.3) is 0 Å². The summed E-state index contributed by atoms with van der Waals surface area (Å²) in [6.07, 6.45) is 3.68. The number of ether oxygens (including phenoxy) is 1. The first-order chi connectivity index (χ1) is 10.7. The first-order valence-corrected chi connectivity index (χ1v) is 8.18. The van der Waals surface area contributed by atoms with Crippen LogP contribution in [0.2, 0.25) is 0 Å². The Hall–Kier alpha value is -1.30. The Morgan fingerprint density at radius 1 is 1.30 bits per heavy atom. The van der Waals surface area contributed by atoms with Crippen molar-refractivity contribution in [3.63, 3.8) is 0 Å². The molecule has 0 bridgehead atoms. The van der Waals surface area contributed by atoms with Gasteiger partial charge in [-0.3, -0.25) is 4.79 Å². The van der Waals surface area contributed by atoms with E-state index in [-0.39, 0.29) is 18.3 Å². The van der Waals surface area contributed by atoms with Crippen LogP contribution in [0.15, 0.2) is 24.3 Å². The van der Waals surface area contributed by atoms with Crippen molar-refractivity contribution in [2.45, 2.75) is 38.3 Å². The van der Waals surface area contributed by atoms with Crippen LogP contribution in [-0.2, 0) is 9.53 Å². The molecule has 1 aromatic rings. The lowest BCUT2D eigenvalue weighted by atomic mass is 9.94. The Kier molecular flexibility index (Phi) is 6.69. The molecule has 2 aliphatic rings. The third kappa shape index (κ3) is 4.83. The predicted molar refractivity (Wildman–Crippen MR) is 95.4 cm³/mol. The molecule has 3 rings (SSSR count). The minimum Gasteiger partial charge on any atom is -0.382 e. The number of halogens is 1. The zero-order valence-corrected chi connectivity index (χ0v) is 14.3. The first-order valence-electron chi connectivity index (χ1n) is 8.18. The van der Waals surface area contributed by atoms with Crippen LogP contribution in [-0.4, -0.2) is 37.7 Å². The lowest BCUT2D eigenvalue weighted by Crippen LogP contribution is -2.49. The Morgan fingerprint density at radius 3 is 2.87 bits per heavy atom. The van der Waals surface area contributed by atoms with Gasteiger partial charge in [0.2, 0.25) is 5.91 Å². The summed E-state index contributed by atoms with van der Waals surface area (Å²) in [5.41, 5.74) is 1.91. The summed E-state index contributed by atoms with van der Waals surface area (Å²) < 4.78 is 5.62. The number of carbonyl (C=O) groups is 1. The SMILES string of the molecule is CC(=O)Nc1cccc(NC2CCCC2C2COCCN2)c1.Cl. The third-order valence-electron chi connectivity index (χ3n) is 4.57. The summed E-state index contributed by atoms with van der Waals surface area (Å²) in [5, 5.41) is 10.1. The lowest BCUT2D eigenvalue weighted by Gasteiger charge is -2.33. The number of morpholine rings is 1. The molecular weight excluding hydrogens is 314 g/mol. The molecule has 3 N–H and O–H groups in total. The van der Waals surface area contributed by atoms with Gasteiger partial charge in [0.1, 0.15) is 0 Å². The monoisotopic (exact) mass is 339 g/mol. The van der Waals surface area contributed by atoms with Crippen molar-refractivity contribution >= 4 is 29.7 Å². The fourth-order valence-corrected chi connectivity index (χ4v) is 3.61. The van der Waals surface area contributed by atoms with Gasteiger partial charge in [-0.15, -0.1) is 12.4 Å². The number of amides is 1. The standard InChI is InChI=1S/C17H25N3O2.ClH/c1-12(21)19-13-4-2-5-14(10-13)20-16-7-3-6-15(16)17-11-22-9-8-18-17;/h2,4-5,10,15-18,20H,3,6-9,11H2,1H3,(H,19,21);1H. The van der Waals surface area contributed by atoms with E-state index >= 15 is 0 Å². The molecule has 0 aromatic heterocycles. The Morgan fingerprint density at radius 2 is 2.13 bits per heavy atom. The summed E-state index contributed by atoms with van der Waals surface area (Å²) >= 11 is 0. The second-order valence-electron chi connectivity index (χ2n) is 6.24. The molecule has 1 amide bonds. The van der Waals surface area contributed by atoms with Crippen LogP contribution in [0.4, 0.5) is 11.4 Å². The Balaban J connectivity index is 0.00000192. The van der Waals surface area contributed by atoms with Crippen molar-refractivity contribution in [3.8, 4) is 0 Å². The fourth-order valence-electron chi connectivity index (χ4n) is 3.61. The average Bonchev–Trinajstić information content (AvgIpc) is 2.96. The molecular formula is C17H26ClN3O2. The van der Waals surface area contributed by atoms with Gasteiger partial charge in [-0.05, 0) is 37.0 Å². The van der Waals surface area contributed by atoms with E-state index in [1.807, 2.05) is 18.2 Å². The van der Waals surface area contributed by atoms with Gasteiger partial charge in [-0.2, -0.15) is 0 Å². The minimum absolute atomic E-state index is 0. The van der Waals surface area contributed by atoms with Crippen LogP contribution < -0.4 is 16.0 Å². The van der Waals surface area contributed by atoms with E-state index in [1.54, 1.807) is 0 Å². The summed E-state index contributed by atoms with van der Waals surface area (Å²) in [7, 11) is 0. The zero-order valence-electron chi connectivity index (χ0n) is 13.5. The number of hydrogen-bond acceptors (Lipinski definition) is 4. The number of anilines is 2. The highest BCUT2D eigenvalue weighted by atomic mass is 35.5. The van der Waals surface area contributed by atoms with Gasteiger partial charge in [0.05, 0.1) is 13.2 Å². The van der Waals surface area contributed by atoms with E-state index in [2.05, 4.69) is 22.0 Å². The van der Waals surface area contributed by atoms with Crippen molar-refractivity contribution in [2.24, 2.45) is 5.92 Å². The third-order valence-corrected chi connectivity index (χ3v) is 4.57. The maximum atomic E-state index is 11.2. The second kappa shape index (κ2) is 8.52. The maximum Gasteiger partial charge on any atom is 0.221 e. The molecule has 1 heterocycles. The van der Waals surface area contributed by atoms with E-state index in [4.69, 9.17) is 4.74 Å². The molecule has 23 heavy (non-hydrogen) atoms. The summed E-state index contributed by atoms with van der Waals surface area (Å²) in [4.78, 5) is 11.2. The highest BCUT2D eigenvalue weighted by Crippen LogP contribution is 2.32. The van der Waals surface area contributed by atoms with E-state index < -0.39 is 0 Å². The van der Waals surface area contributed by atoms with Crippen LogP contribution in [0.3, 0.4) is 0 Å². The molecule has 5 nitrogen and oxygen atoms in total. The number of carbonyl (C=O) groups excluding carboxylic acids is 1. The van der Waals surface area contributed by atoms with E-state index in [1.165, 1.54) is 26.2 Å². The maximum absolute atomic E-state index is 11.2. The van der Waals surface area contributed by atoms with Crippen LogP contribution in [0, 0.1) is 5.92 Å². The van der Waals surface area contributed by atoms with Gasteiger partial charge < -0.3 is 20.7 Å². The summed E-state index contributed by atoms with van der Waals surface area (Å²) in [6, 6.07) is 8.86. The van der Waals surface area contributed by atoms with Gasteiger partial charge in [0, 0.05) is 36.9 Å². The molecule has 1 saturated carbocycles. The average molecular weight is 340 g/mol. The van der Waals surface area contributed by atoms with Crippen molar-refractivity contribution < 1.29 is 9.53 Å². The topological polar surface area (TPSA) is 62.4 Å². The van der Waals surface area contributed by atoms with Gasteiger partial charge in [0.25, 0.3) is 0 Å². The molecule has 3 unspecified atom stereocenters. The highest BCUT2D eigenvalue weighted by molar-refractivity contribution is 5.89. The summed E-state index contributed by atoms with van der Waals surface area (Å²) in [5.74, 6) is 0.559. The largest absolute Gasteiger partial charge is 0.382 e. The number of benzene rings is 1. The van der Waals surface area contributed by atoms with Crippen LogP contribution in [0.5, 0.6) is 0 Å². The normalized spacial score (nSPS) is 27.1. The van der Waals surface area contributed by atoms with E-state index in [9.17, 15) is 4.79 Å². The molecule has 3 atom stereocenters. The van der Waals surface area contributed by atoms with Gasteiger partial charge >= 0.3 is 0 Å². The minimum atomic E-state index is -0.0422. The molecule has 6 heteroatoms. The number of nitrogens with one attached hydrogen (secondary N) is 3. The molecule has 1 aliphatic heterocycles. The predicted octanol–water partition coefficient (Wildman–Crippen LogP) is 2.64. The van der Waals surface area contributed by atoms with E-state index in [0.29, 0.717) is 18.0 Å². The molecule has 1 saturated heterocycles. The molecule has 128 valence electrons. The molecule has 1 aromatic carbocycles. The van der Waals surface area contributed by atoms with Gasteiger partial charge in [-0.25, -0.2) is 0 Å². The van der Waals surface area contributed by atoms with Crippen molar-refractivity contribution in [3.05, 3.63) is 24.3 Å². The second-order valence-corrected chi connectivity index (χ2v) is 6.24. The van der Waals surface area contributed by atoms with Gasteiger partial charge in [0.15, 0.2) is 0 Å². The van der Waals surface area contributed by atoms with Crippen LogP contribution >= 0.6 is 12.4 Å². The van der Waals surface area contributed by atoms with Crippen molar-refractivity contribution in [2.75, 3.05) is 30.4 Å². The van der Waals surface area contributed by atoms with Crippen LogP contribution in [0.1, 0.15) is 26.2 Å². The Bertz CT molecular complexity index is 520. The van der Waals surface area contributed by atoms with Crippen molar-refractivity contribution in [1.29, 1.82) is 0 Å². The fraction of sp³-hybridized carbons (Fsp3) is 0.588. The van der Waals surface area contributed by atoms with Crippen molar-refractivity contribution in [1.82, 2.24) is 5.32 Å². The quantitative estimate of drug-likeness (QED) is 0.789. The zero-order chi connectivity index (χ0) is 15.4. The lowest BCUT2D eigenvalue weighted by molar-refractivity contribution is -0.114. The Labute approximate surface area is 144 Å². The smallest absolute Gasteiger partial charge is 0.221 e. The highest BCUT2D eigenvalue weighted by Gasteiger charge is 2.34. The van der Waals surface area contributed by atoms with E-state index in [0.717, 1.165) is 31.1 Å². The molecule has 0 spiro atoms. The number of hydrogen-bond donors (Lipinski definition) is 3. The number of rotatable bonds is 4. The molecule has 1 aliphatic carbocycles. The summed E-state index contributed by atoms with van der Waals surface area (Å²) in [6.45, 7) is 4.11. The van der Waals surface area contributed by atoms with Gasteiger partial charge in [-0.1, -0.05) is 12.5 Å². The first kappa shape index (κ1) is 18.0.